The third-order valence-corrected chi connectivity index (χ3v) is 6.14. The normalized spacial score (nSPS) is 19.2. The van der Waals surface area contributed by atoms with Crippen LogP contribution in [0.3, 0.4) is 0 Å². The first-order valence-electron chi connectivity index (χ1n) is 11.9. The predicted molar refractivity (Wildman–Crippen MR) is 137 cm³/mol. The number of carbonyl (C=O) groups is 2. The molecule has 0 aliphatic carbocycles. The molecule has 1 aromatic carbocycles. The van der Waals surface area contributed by atoms with Gasteiger partial charge in [-0.2, -0.15) is 0 Å². The van der Waals surface area contributed by atoms with Crippen LogP contribution in [0.25, 0.3) is 12.2 Å². The van der Waals surface area contributed by atoms with E-state index in [-0.39, 0.29) is 42.4 Å². The Morgan fingerprint density at radius 3 is 2.57 bits per heavy atom. The van der Waals surface area contributed by atoms with Crippen LogP contribution in [0.5, 0.6) is 5.88 Å². The summed E-state index contributed by atoms with van der Waals surface area (Å²) in [5.41, 5.74) is 2.15. The molecule has 0 spiro atoms. The van der Waals surface area contributed by atoms with Crippen molar-refractivity contribution in [2.45, 2.75) is 26.0 Å². The van der Waals surface area contributed by atoms with E-state index in [4.69, 9.17) is 4.74 Å². The fourth-order valence-corrected chi connectivity index (χ4v) is 3.95. The lowest BCUT2D eigenvalue weighted by Crippen LogP contribution is -2.51. The van der Waals surface area contributed by atoms with Gasteiger partial charge in [-0.1, -0.05) is 49.4 Å². The molecule has 188 valence electrons. The summed E-state index contributed by atoms with van der Waals surface area (Å²) >= 11 is 0. The Morgan fingerprint density at radius 1 is 1.23 bits per heavy atom. The quantitative estimate of drug-likeness (QED) is 0.625. The molecule has 3 atom stereocenters. The van der Waals surface area contributed by atoms with Crippen molar-refractivity contribution >= 4 is 24.0 Å². The fraction of sp³-hybridized carbons (Fsp3) is 0.444. The zero-order valence-corrected chi connectivity index (χ0v) is 21.2. The van der Waals surface area contributed by atoms with Crippen molar-refractivity contribution in [1.29, 1.82) is 0 Å². The molecule has 0 saturated heterocycles. The van der Waals surface area contributed by atoms with Gasteiger partial charge in [-0.05, 0) is 38.2 Å². The van der Waals surface area contributed by atoms with Gasteiger partial charge in [0, 0.05) is 25.7 Å². The molecule has 1 aromatic heterocycles. The van der Waals surface area contributed by atoms with Crippen LogP contribution < -0.4 is 4.74 Å². The molecule has 3 rings (SSSR count). The van der Waals surface area contributed by atoms with Gasteiger partial charge in [0.15, 0.2) is 0 Å². The number of hydrogen-bond acceptors (Lipinski definition) is 6. The number of carbonyl (C=O) groups excluding carboxylic acids is 2. The average molecular weight is 481 g/mol. The van der Waals surface area contributed by atoms with Crippen LogP contribution in [0, 0.1) is 5.92 Å². The Labute approximate surface area is 207 Å². The predicted octanol–water partition coefficient (Wildman–Crippen LogP) is 2.49. The van der Waals surface area contributed by atoms with Crippen LogP contribution in [-0.4, -0.2) is 96.1 Å². The zero-order valence-electron chi connectivity index (χ0n) is 21.2. The highest BCUT2D eigenvalue weighted by Gasteiger charge is 2.34. The third kappa shape index (κ3) is 6.90. The van der Waals surface area contributed by atoms with Gasteiger partial charge in [-0.15, -0.1) is 0 Å². The highest BCUT2D eigenvalue weighted by molar-refractivity contribution is 5.97. The maximum atomic E-state index is 13.5. The van der Waals surface area contributed by atoms with Crippen molar-refractivity contribution in [2.24, 2.45) is 5.92 Å². The number of pyridine rings is 1. The average Bonchev–Trinajstić information content (AvgIpc) is 2.84. The summed E-state index contributed by atoms with van der Waals surface area (Å²) in [6.07, 6.45) is 5.17. The van der Waals surface area contributed by atoms with E-state index >= 15 is 0 Å². The van der Waals surface area contributed by atoms with Gasteiger partial charge in [0.2, 0.25) is 11.8 Å². The van der Waals surface area contributed by atoms with Gasteiger partial charge in [0.1, 0.15) is 11.7 Å². The second kappa shape index (κ2) is 12.0. The van der Waals surface area contributed by atoms with Gasteiger partial charge in [-0.3, -0.25) is 9.59 Å². The lowest BCUT2D eigenvalue weighted by Gasteiger charge is -2.37. The molecule has 2 amide bonds. The van der Waals surface area contributed by atoms with Crippen LogP contribution >= 0.6 is 0 Å². The van der Waals surface area contributed by atoms with Crippen LogP contribution in [0.4, 0.5) is 0 Å². The molecule has 1 aliphatic rings. The number of ether oxygens (including phenoxy) is 1. The maximum Gasteiger partial charge on any atom is 0.259 e. The molecule has 0 bridgehead atoms. The Kier molecular flexibility index (Phi) is 9.01. The lowest BCUT2D eigenvalue weighted by molar-refractivity contribution is -0.132. The van der Waals surface area contributed by atoms with Crippen LogP contribution in [0.15, 0.2) is 42.6 Å². The molecular weight excluding hydrogens is 444 g/mol. The largest absolute Gasteiger partial charge is 0.472 e. The number of fused-ring (bicyclic) bond motifs is 1. The minimum atomic E-state index is -0.371. The second-order valence-corrected chi connectivity index (χ2v) is 9.50. The molecule has 2 heterocycles. The molecule has 0 saturated carbocycles. The number of aromatic nitrogens is 1. The lowest BCUT2D eigenvalue weighted by atomic mass is 9.99. The van der Waals surface area contributed by atoms with Crippen molar-refractivity contribution in [3.63, 3.8) is 0 Å². The number of likely N-dealkylation sites (N-methyl/N-ethyl adjacent to an activating group) is 2. The topological polar surface area (TPSA) is 86.2 Å². The summed E-state index contributed by atoms with van der Waals surface area (Å²) in [5, 5.41) is 9.82. The molecule has 1 N–H and O–H groups in total. The van der Waals surface area contributed by atoms with E-state index in [1.807, 2.05) is 75.3 Å². The summed E-state index contributed by atoms with van der Waals surface area (Å²) in [4.78, 5) is 35.7. The first kappa shape index (κ1) is 26.4. The molecule has 8 nitrogen and oxygen atoms in total. The first-order valence-corrected chi connectivity index (χ1v) is 11.9. The Morgan fingerprint density at radius 2 is 1.91 bits per heavy atom. The minimum absolute atomic E-state index is 0.0147. The van der Waals surface area contributed by atoms with Crippen LogP contribution in [0.2, 0.25) is 0 Å². The fourth-order valence-electron chi connectivity index (χ4n) is 3.95. The first-order chi connectivity index (χ1) is 16.7. The number of nitrogens with zero attached hydrogens (tertiary/aromatic N) is 4. The molecule has 0 fully saturated rings. The minimum Gasteiger partial charge on any atom is -0.472 e. The maximum absolute atomic E-state index is 13.5. The SMILES string of the molecule is C[C@@H]1CN([C@@H](C)CO)C(=O)c2cc(/C=C/c3ccccc3)cnc2O[C@H]1CN(C)C(=O)CN(C)C. The van der Waals surface area contributed by atoms with Gasteiger partial charge < -0.3 is 24.5 Å². The molecule has 0 unspecified atom stereocenters. The van der Waals surface area contributed by atoms with Crippen molar-refractivity contribution in [3.8, 4) is 5.88 Å². The van der Waals surface area contributed by atoms with Gasteiger partial charge >= 0.3 is 0 Å². The molecule has 8 heteroatoms. The van der Waals surface area contributed by atoms with E-state index in [1.165, 1.54) is 0 Å². The summed E-state index contributed by atoms with van der Waals surface area (Å²) in [6, 6.07) is 11.3. The summed E-state index contributed by atoms with van der Waals surface area (Å²) in [5.74, 6) is -0.0902. The Balaban J connectivity index is 1.93. The number of aliphatic hydroxyl groups excluding tert-OH is 1. The van der Waals surface area contributed by atoms with E-state index in [1.54, 1.807) is 29.1 Å². The van der Waals surface area contributed by atoms with Crippen molar-refractivity contribution in [1.82, 2.24) is 19.7 Å². The van der Waals surface area contributed by atoms with E-state index < -0.39 is 0 Å². The van der Waals surface area contributed by atoms with E-state index in [9.17, 15) is 14.7 Å². The standard InChI is InChI=1S/C27H36N4O4/c1-19-15-31(20(2)18-32)27(34)23-13-22(12-11-21-9-7-6-8-10-21)14-28-26(23)35-24(19)16-30(5)25(33)17-29(3)4/h6-14,19-20,24,32H,15-18H2,1-5H3/b12-11+/t19-,20+,24+/m1/s1. The number of rotatable bonds is 8. The summed E-state index contributed by atoms with van der Waals surface area (Å²) in [7, 11) is 5.46. The summed E-state index contributed by atoms with van der Waals surface area (Å²) < 4.78 is 6.27. The van der Waals surface area contributed by atoms with E-state index in [0.29, 0.717) is 25.2 Å². The Hall–Kier alpha value is -3.23. The van der Waals surface area contributed by atoms with Crippen molar-refractivity contribution in [3.05, 3.63) is 59.3 Å². The summed E-state index contributed by atoms with van der Waals surface area (Å²) in [6.45, 7) is 4.71. The van der Waals surface area contributed by atoms with Crippen molar-refractivity contribution < 1.29 is 19.4 Å². The monoisotopic (exact) mass is 480 g/mol. The van der Waals surface area contributed by atoms with Crippen LogP contribution in [0.1, 0.15) is 35.3 Å². The second-order valence-electron chi connectivity index (χ2n) is 9.50. The smallest absolute Gasteiger partial charge is 0.259 e. The van der Waals surface area contributed by atoms with Crippen molar-refractivity contribution in [2.75, 3.05) is 47.4 Å². The number of benzene rings is 1. The van der Waals surface area contributed by atoms with Crippen LogP contribution in [-0.2, 0) is 4.79 Å². The molecule has 1 aliphatic heterocycles. The highest BCUT2D eigenvalue weighted by Crippen LogP contribution is 2.28. The molecule has 0 radical (unpaired) electrons. The van der Waals surface area contributed by atoms with E-state index in [0.717, 1.165) is 11.1 Å². The molecule has 2 aromatic rings. The Bertz CT molecular complexity index is 1040. The molecule has 35 heavy (non-hydrogen) atoms. The molecular formula is C27H36N4O4. The number of aliphatic hydroxyl groups is 1. The number of hydrogen-bond donors (Lipinski definition) is 1. The van der Waals surface area contributed by atoms with Gasteiger partial charge in [0.25, 0.3) is 5.91 Å². The van der Waals surface area contributed by atoms with Gasteiger partial charge in [0.05, 0.1) is 25.7 Å². The highest BCUT2D eigenvalue weighted by atomic mass is 16.5. The third-order valence-electron chi connectivity index (χ3n) is 6.14. The van der Waals surface area contributed by atoms with Gasteiger partial charge in [-0.25, -0.2) is 4.98 Å². The number of amides is 2. The zero-order chi connectivity index (χ0) is 25.5. The van der Waals surface area contributed by atoms with E-state index in [2.05, 4.69) is 4.98 Å².